The molecule has 0 N–H and O–H groups in total. The van der Waals surface area contributed by atoms with Gasteiger partial charge in [0.1, 0.15) is 12.4 Å². The molecule has 118 valence electrons. The van der Waals surface area contributed by atoms with Gasteiger partial charge in [-0.05, 0) is 24.3 Å². The third-order valence-corrected chi connectivity index (χ3v) is 4.06. The summed E-state index contributed by atoms with van der Waals surface area (Å²) in [5, 5.41) is 0. The topological polar surface area (TPSA) is 61.8 Å². The average Bonchev–Trinajstić information content (AvgIpc) is 2.56. The van der Waals surface area contributed by atoms with Crippen LogP contribution in [0, 0.1) is 0 Å². The highest BCUT2D eigenvalue weighted by atomic mass is 32.2. The Labute approximate surface area is 130 Å². The molecule has 0 aliphatic carbocycles. The molecule has 0 aromatic heterocycles. The summed E-state index contributed by atoms with van der Waals surface area (Å²) in [5.74, 6) is 0.772. The Morgan fingerprint density at radius 3 is 2.00 bits per heavy atom. The fourth-order valence-corrected chi connectivity index (χ4v) is 2.61. The van der Waals surface area contributed by atoms with E-state index >= 15 is 0 Å². The van der Waals surface area contributed by atoms with Gasteiger partial charge in [-0.25, -0.2) is 0 Å². The lowest BCUT2D eigenvalue weighted by Gasteiger charge is -2.08. The zero-order valence-corrected chi connectivity index (χ0v) is 12.9. The van der Waals surface area contributed by atoms with Gasteiger partial charge < -0.3 is 9.47 Å². The van der Waals surface area contributed by atoms with E-state index in [0.717, 1.165) is 5.75 Å². The van der Waals surface area contributed by atoms with Crippen molar-refractivity contribution in [3.63, 3.8) is 0 Å². The van der Waals surface area contributed by atoms with Crippen LogP contribution in [0.4, 0.5) is 0 Å². The van der Waals surface area contributed by atoms with Crippen molar-refractivity contribution in [2.24, 2.45) is 0 Å². The van der Waals surface area contributed by atoms with Crippen LogP contribution in [0.2, 0.25) is 0 Å². The Balaban J connectivity index is 1.60. The molecule has 0 aliphatic rings. The largest absolute Gasteiger partial charge is 0.491 e. The average molecular weight is 322 g/mol. The summed E-state index contributed by atoms with van der Waals surface area (Å²) in [6, 6.07) is 17.4. The van der Waals surface area contributed by atoms with Gasteiger partial charge in [-0.1, -0.05) is 36.4 Å². The molecular weight excluding hydrogens is 304 g/mol. The van der Waals surface area contributed by atoms with Crippen molar-refractivity contribution in [3.05, 3.63) is 60.7 Å². The summed E-state index contributed by atoms with van der Waals surface area (Å²) in [5.41, 5.74) is 0. The Morgan fingerprint density at radius 2 is 1.32 bits per heavy atom. The molecule has 0 saturated carbocycles. The minimum atomic E-state index is -3.71. The molecule has 0 aliphatic heterocycles. The molecule has 0 atom stereocenters. The lowest BCUT2D eigenvalue weighted by molar-refractivity contribution is 0.0779. The van der Waals surface area contributed by atoms with Crippen LogP contribution in [0.25, 0.3) is 0 Å². The summed E-state index contributed by atoms with van der Waals surface area (Å²) in [6.07, 6.45) is 0. The summed E-state index contributed by atoms with van der Waals surface area (Å²) < 4.78 is 39.2. The van der Waals surface area contributed by atoms with E-state index < -0.39 is 10.1 Å². The van der Waals surface area contributed by atoms with E-state index in [0.29, 0.717) is 13.2 Å². The maximum absolute atomic E-state index is 11.8. The van der Waals surface area contributed by atoms with E-state index in [2.05, 4.69) is 0 Å². The first-order valence-corrected chi connectivity index (χ1v) is 8.29. The molecule has 0 bridgehead atoms. The SMILES string of the molecule is O=S(=O)(OCCOCCOc1ccccc1)c1ccccc1. The second-order valence-electron chi connectivity index (χ2n) is 4.36. The van der Waals surface area contributed by atoms with E-state index in [-0.39, 0.29) is 18.1 Å². The van der Waals surface area contributed by atoms with Crippen LogP contribution in [0.15, 0.2) is 65.6 Å². The van der Waals surface area contributed by atoms with E-state index in [4.69, 9.17) is 13.7 Å². The smallest absolute Gasteiger partial charge is 0.297 e. The number of hydrogen-bond acceptors (Lipinski definition) is 5. The van der Waals surface area contributed by atoms with Crippen LogP contribution in [0.1, 0.15) is 0 Å². The first-order chi connectivity index (χ1) is 10.7. The summed E-state index contributed by atoms with van der Waals surface area (Å²) in [6.45, 7) is 0.922. The molecule has 0 radical (unpaired) electrons. The number of ether oxygens (including phenoxy) is 2. The predicted molar refractivity (Wildman–Crippen MR) is 82.3 cm³/mol. The van der Waals surface area contributed by atoms with E-state index in [1.165, 1.54) is 12.1 Å². The van der Waals surface area contributed by atoms with Crippen molar-refractivity contribution in [3.8, 4) is 5.75 Å². The molecule has 0 heterocycles. The molecule has 5 nitrogen and oxygen atoms in total. The molecule has 22 heavy (non-hydrogen) atoms. The minimum Gasteiger partial charge on any atom is -0.491 e. The van der Waals surface area contributed by atoms with Gasteiger partial charge in [0.25, 0.3) is 10.1 Å². The van der Waals surface area contributed by atoms with E-state index in [9.17, 15) is 8.42 Å². The van der Waals surface area contributed by atoms with Crippen molar-refractivity contribution in [2.45, 2.75) is 4.90 Å². The van der Waals surface area contributed by atoms with Gasteiger partial charge in [-0.2, -0.15) is 8.42 Å². The predicted octanol–water partition coefficient (Wildman–Crippen LogP) is 2.49. The van der Waals surface area contributed by atoms with Gasteiger partial charge in [0.2, 0.25) is 0 Å². The first-order valence-electron chi connectivity index (χ1n) is 6.88. The van der Waals surface area contributed by atoms with Crippen LogP contribution in [0.3, 0.4) is 0 Å². The second kappa shape index (κ2) is 8.53. The lowest BCUT2D eigenvalue weighted by Crippen LogP contribution is -2.14. The fourth-order valence-electron chi connectivity index (χ4n) is 1.70. The standard InChI is InChI=1S/C16H18O5S/c17-22(18,16-9-5-2-6-10-16)21-14-12-19-11-13-20-15-7-3-1-4-8-15/h1-10H,11-14H2. The van der Waals surface area contributed by atoms with E-state index in [1.807, 2.05) is 30.3 Å². The maximum atomic E-state index is 11.8. The molecule has 6 heteroatoms. The molecule has 2 aromatic carbocycles. The van der Waals surface area contributed by atoms with Crippen molar-refractivity contribution < 1.29 is 22.1 Å². The van der Waals surface area contributed by atoms with Crippen molar-refractivity contribution in [2.75, 3.05) is 26.4 Å². The first kappa shape index (κ1) is 16.5. The molecule has 0 fully saturated rings. The zero-order chi connectivity index (χ0) is 15.7. The van der Waals surface area contributed by atoms with Gasteiger partial charge in [0.15, 0.2) is 0 Å². The lowest BCUT2D eigenvalue weighted by atomic mass is 10.3. The van der Waals surface area contributed by atoms with Crippen molar-refractivity contribution >= 4 is 10.1 Å². The number of para-hydroxylation sites is 1. The highest BCUT2D eigenvalue weighted by molar-refractivity contribution is 7.86. The molecule has 2 rings (SSSR count). The van der Waals surface area contributed by atoms with Gasteiger partial charge in [0, 0.05) is 0 Å². The molecule has 0 amide bonds. The van der Waals surface area contributed by atoms with Gasteiger partial charge in [-0.3, -0.25) is 4.18 Å². The maximum Gasteiger partial charge on any atom is 0.297 e. The van der Waals surface area contributed by atoms with Crippen LogP contribution in [0.5, 0.6) is 5.75 Å². The molecule has 0 unspecified atom stereocenters. The Kier molecular flexibility index (Phi) is 6.39. The van der Waals surface area contributed by atoms with E-state index in [1.54, 1.807) is 18.2 Å². The summed E-state index contributed by atoms with van der Waals surface area (Å²) in [7, 11) is -3.71. The highest BCUT2D eigenvalue weighted by Crippen LogP contribution is 2.11. The van der Waals surface area contributed by atoms with Gasteiger partial charge in [-0.15, -0.1) is 0 Å². The third kappa shape index (κ3) is 5.48. The van der Waals surface area contributed by atoms with Crippen molar-refractivity contribution in [1.82, 2.24) is 0 Å². The minimum absolute atomic E-state index is 0.0252. The third-order valence-electron chi connectivity index (χ3n) is 2.74. The van der Waals surface area contributed by atoms with Gasteiger partial charge in [0.05, 0.1) is 24.7 Å². The van der Waals surface area contributed by atoms with Crippen LogP contribution >= 0.6 is 0 Å². The molecule has 0 saturated heterocycles. The highest BCUT2D eigenvalue weighted by Gasteiger charge is 2.13. The molecule has 2 aromatic rings. The Bertz CT molecular complexity index is 641. The number of hydrogen-bond donors (Lipinski definition) is 0. The Hall–Kier alpha value is -1.89. The summed E-state index contributed by atoms with van der Waals surface area (Å²) >= 11 is 0. The fraction of sp³-hybridized carbons (Fsp3) is 0.250. The van der Waals surface area contributed by atoms with Crippen LogP contribution in [-0.2, 0) is 19.0 Å². The summed E-state index contributed by atoms with van der Waals surface area (Å²) in [4.78, 5) is 0.141. The number of rotatable bonds is 9. The van der Waals surface area contributed by atoms with Crippen LogP contribution in [-0.4, -0.2) is 34.8 Å². The van der Waals surface area contributed by atoms with Crippen molar-refractivity contribution in [1.29, 1.82) is 0 Å². The molecular formula is C16H18O5S. The normalized spacial score (nSPS) is 11.3. The number of benzene rings is 2. The second-order valence-corrected chi connectivity index (χ2v) is 5.98. The van der Waals surface area contributed by atoms with Gasteiger partial charge >= 0.3 is 0 Å². The molecule has 0 spiro atoms. The Morgan fingerprint density at radius 1 is 0.727 bits per heavy atom. The monoisotopic (exact) mass is 322 g/mol. The van der Waals surface area contributed by atoms with Crippen LogP contribution < -0.4 is 4.74 Å². The zero-order valence-electron chi connectivity index (χ0n) is 12.1. The quantitative estimate of drug-likeness (QED) is 0.524.